The van der Waals surface area contributed by atoms with Crippen LogP contribution in [0.15, 0.2) is 75.8 Å². The minimum atomic E-state index is -3.94. The molecule has 3 aromatic carbocycles. The Morgan fingerprint density at radius 1 is 0.826 bits per heavy atom. The van der Waals surface area contributed by atoms with Crippen molar-refractivity contribution in [3.05, 3.63) is 65.7 Å². The van der Waals surface area contributed by atoms with Crippen LogP contribution in [0.3, 0.4) is 0 Å². The van der Waals surface area contributed by atoms with Gasteiger partial charge in [-0.2, -0.15) is 5.11 Å². The fourth-order valence-electron chi connectivity index (χ4n) is 2.17. The second-order valence-electron chi connectivity index (χ2n) is 4.73. The number of rotatable bonds is 3. The molecule has 0 saturated heterocycles. The average molecular weight is 365 g/mol. The summed E-state index contributed by atoms with van der Waals surface area (Å²) in [4.78, 5) is -0.0406. The molecule has 0 bridgehead atoms. The van der Waals surface area contributed by atoms with E-state index in [1.54, 1.807) is 36.4 Å². The largest absolute Gasteiger partial charge is 0.262 e. The Hall–Kier alpha value is -1.95. The monoisotopic (exact) mass is 364 g/mol. The number of azo groups is 1. The normalized spacial score (nSPS) is 12.1. The Balaban J connectivity index is 2.22. The number of halogens is 2. The highest BCUT2D eigenvalue weighted by molar-refractivity contribution is 8.14. The average Bonchev–Trinajstić information content (AvgIpc) is 2.54. The summed E-state index contributed by atoms with van der Waals surface area (Å²) in [5.74, 6) is 0. The SMILES string of the molecule is O=S(=O)(Cl)c1cc(N=Nc2ccccc2)c(Cl)c2ccccc12. The molecule has 0 saturated carbocycles. The second kappa shape index (κ2) is 6.28. The summed E-state index contributed by atoms with van der Waals surface area (Å²) in [6, 6.07) is 17.2. The molecule has 0 amide bonds. The first-order chi connectivity index (χ1) is 11.0. The molecule has 0 atom stereocenters. The van der Waals surface area contributed by atoms with Gasteiger partial charge in [-0.25, -0.2) is 8.42 Å². The van der Waals surface area contributed by atoms with Crippen molar-refractivity contribution in [2.24, 2.45) is 10.2 Å². The minimum Gasteiger partial charge on any atom is -0.207 e. The van der Waals surface area contributed by atoms with Crippen molar-refractivity contribution in [2.75, 3.05) is 0 Å². The Bertz CT molecular complexity index is 1000. The summed E-state index contributed by atoms with van der Waals surface area (Å²) in [5.41, 5.74) is 0.875. The summed E-state index contributed by atoms with van der Waals surface area (Å²) >= 11 is 6.34. The maximum atomic E-state index is 11.8. The first-order valence-electron chi connectivity index (χ1n) is 6.59. The molecule has 0 N–H and O–H groups in total. The predicted molar refractivity (Wildman–Crippen MR) is 92.6 cm³/mol. The van der Waals surface area contributed by atoms with Gasteiger partial charge in [0.15, 0.2) is 0 Å². The van der Waals surface area contributed by atoms with Crippen LogP contribution >= 0.6 is 22.3 Å². The zero-order chi connectivity index (χ0) is 16.4. The number of nitrogens with zero attached hydrogens (tertiary/aromatic N) is 2. The van der Waals surface area contributed by atoms with Crippen LogP contribution in [0.2, 0.25) is 5.02 Å². The molecule has 0 aliphatic rings. The van der Waals surface area contributed by atoms with Crippen LogP contribution in [0.4, 0.5) is 11.4 Å². The smallest absolute Gasteiger partial charge is 0.207 e. The van der Waals surface area contributed by atoms with E-state index in [2.05, 4.69) is 10.2 Å². The van der Waals surface area contributed by atoms with Gasteiger partial charge >= 0.3 is 0 Å². The number of fused-ring (bicyclic) bond motifs is 1. The maximum Gasteiger partial charge on any atom is 0.262 e. The standard InChI is InChI=1S/C16H10Cl2N2O2S/c17-16-13-9-5-4-8-12(13)15(23(18,21)22)10-14(16)20-19-11-6-2-1-3-7-11/h1-10H. The lowest BCUT2D eigenvalue weighted by Gasteiger charge is -2.07. The van der Waals surface area contributed by atoms with E-state index in [1.165, 1.54) is 6.07 Å². The topological polar surface area (TPSA) is 58.9 Å². The highest BCUT2D eigenvalue weighted by Crippen LogP contribution is 2.39. The van der Waals surface area contributed by atoms with Crippen LogP contribution < -0.4 is 0 Å². The van der Waals surface area contributed by atoms with Crippen LogP contribution in [-0.4, -0.2) is 8.42 Å². The lowest BCUT2D eigenvalue weighted by atomic mass is 10.1. The van der Waals surface area contributed by atoms with Crippen LogP contribution in [0.5, 0.6) is 0 Å². The molecule has 0 spiro atoms. The molecular weight excluding hydrogens is 355 g/mol. The molecule has 4 nitrogen and oxygen atoms in total. The molecule has 0 unspecified atom stereocenters. The third-order valence-corrected chi connectivity index (χ3v) is 4.97. The summed E-state index contributed by atoms with van der Waals surface area (Å²) in [5, 5.41) is 9.47. The van der Waals surface area contributed by atoms with Crippen LogP contribution in [-0.2, 0) is 9.05 Å². The molecule has 0 heterocycles. The van der Waals surface area contributed by atoms with Gasteiger partial charge < -0.3 is 0 Å². The summed E-state index contributed by atoms with van der Waals surface area (Å²) in [6.45, 7) is 0. The molecule has 23 heavy (non-hydrogen) atoms. The third-order valence-electron chi connectivity index (χ3n) is 3.21. The van der Waals surface area contributed by atoms with Gasteiger partial charge in [0, 0.05) is 21.5 Å². The van der Waals surface area contributed by atoms with E-state index in [0.717, 1.165) is 0 Å². The Morgan fingerprint density at radius 3 is 2.09 bits per heavy atom. The van der Waals surface area contributed by atoms with E-state index < -0.39 is 9.05 Å². The summed E-state index contributed by atoms with van der Waals surface area (Å²) in [7, 11) is 1.60. The lowest BCUT2D eigenvalue weighted by Crippen LogP contribution is -1.93. The lowest BCUT2D eigenvalue weighted by molar-refractivity contribution is 0.610. The fourth-order valence-corrected chi connectivity index (χ4v) is 3.51. The second-order valence-corrected chi connectivity index (χ2v) is 7.64. The molecule has 7 heteroatoms. The number of hydrogen-bond acceptors (Lipinski definition) is 4. The first kappa shape index (κ1) is 15.9. The van der Waals surface area contributed by atoms with E-state index in [-0.39, 0.29) is 10.6 Å². The zero-order valence-electron chi connectivity index (χ0n) is 11.6. The van der Waals surface area contributed by atoms with E-state index in [0.29, 0.717) is 21.5 Å². The van der Waals surface area contributed by atoms with Crippen molar-refractivity contribution in [1.29, 1.82) is 0 Å². The van der Waals surface area contributed by atoms with Crippen LogP contribution in [0.1, 0.15) is 0 Å². The molecule has 116 valence electrons. The van der Waals surface area contributed by atoms with Crippen molar-refractivity contribution < 1.29 is 8.42 Å². The fraction of sp³-hybridized carbons (Fsp3) is 0. The Kier molecular flexibility index (Phi) is 4.35. The predicted octanol–water partition coefficient (Wildman–Crippen LogP) is 5.84. The van der Waals surface area contributed by atoms with Gasteiger partial charge in [-0.1, -0.05) is 54.1 Å². The van der Waals surface area contributed by atoms with Gasteiger partial charge in [-0.3, -0.25) is 0 Å². The van der Waals surface area contributed by atoms with E-state index in [9.17, 15) is 8.42 Å². The molecule has 0 aromatic heterocycles. The Morgan fingerprint density at radius 2 is 1.43 bits per heavy atom. The first-order valence-corrected chi connectivity index (χ1v) is 9.28. The molecule has 0 aliphatic carbocycles. The summed E-state index contributed by atoms with van der Waals surface area (Å²) < 4.78 is 23.7. The van der Waals surface area contributed by atoms with Crippen molar-refractivity contribution in [3.63, 3.8) is 0 Å². The van der Waals surface area contributed by atoms with Gasteiger partial charge in [0.25, 0.3) is 9.05 Å². The number of benzene rings is 3. The van der Waals surface area contributed by atoms with Gasteiger partial charge in [0.1, 0.15) is 5.69 Å². The van der Waals surface area contributed by atoms with Crippen molar-refractivity contribution in [2.45, 2.75) is 4.90 Å². The highest BCUT2D eigenvalue weighted by Gasteiger charge is 2.18. The molecule has 3 aromatic rings. The van der Waals surface area contributed by atoms with E-state index in [1.807, 2.05) is 18.2 Å². The highest BCUT2D eigenvalue weighted by atomic mass is 35.7. The Labute approximate surface area is 142 Å². The molecule has 0 radical (unpaired) electrons. The molecule has 0 aliphatic heterocycles. The summed E-state index contributed by atoms with van der Waals surface area (Å²) in [6.07, 6.45) is 0. The van der Waals surface area contributed by atoms with Gasteiger partial charge in [0.2, 0.25) is 0 Å². The van der Waals surface area contributed by atoms with Crippen LogP contribution in [0.25, 0.3) is 10.8 Å². The molecule has 3 rings (SSSR count). The quantitative estimate of drug-likeness (QED) is 0.433. The van der Waals surface area contributed by atoms with E-state index >= 15 is 0 Å². The van der Waals surface area contributed by atoms with Gasteiger partial charge in [-0.05, 0) is 18.2 Å². The zero-order valence-corrected chi connectivity index (χ0v) is 14.0. The van der Waals surface area contributed by atoms with Crippen molar-refractivity contribution in [3.8, 4) is 0 Å². The van der Waals surface area contributed by atoms with Crippen molar-refractivity contribution >= 4 is 53.5 Å². The van der Waals surface area contributed by atoms with Crippen molar-refractivity contribution in [1.82, 2.24) is 0 Å². The number of hydrogen-bond donors (Lipinski definition) is 0. The van der Waals surface area contributed by atoms with Gasteiger partial charge in [-0.15, -0.1) is 5.11 Å². The van der Waals surface area contributed by atoms with E-state index in [4.69, 9.17) is 22.3 Å². The maximum absolute atomic E-state index is 11.8. The third kappa shape index (κ3) is 3.37. The van der Waals surface area contributed by atoms with Crippen LogP contribution in [0, 0.1) is 0 Å². The van der Waals surface area contributed by atoms with Gasteiger partial charge in [0.05, 0.1) is 15.6 Å². The molecular formula is C16H10Cl2N2O2S. The molecule has 0 fully saturated rings. The minimum absolute atomic E-state index is 0.0406.